The van der Waals surface area contributed by atoms with Crippen LogP contribution in [0.5, 0.6) is 0 Å². The molecular weight excluding hydrogens is 168 g/mol. The Kier molecular flexibility index (Phi) is 2.86. The van der Waals surface area contributed by atoms with Gasteiger partial charge in [-0.15, -0.1) is 0 Å². The van der Waals surface area contributed by atoms with Crippen molar-refractivity contribution in [2.24, 2.45) is 0 Å². The van der Waals surface area contributed by atoms with Gasteiger partial charge in [0.15, 0.2) is 0 Å². The highest BCUT2D eigenvalue weighted by Crippen LogP contribution is 2.11. The van der Waals surface area contributed by atoms with Gasteiger partial charge in [-0.1, -0.05) is 0 Å². The van der Waals surface area contributed by atoms with E-state index in [9.17, 15) is 8.42 Å². The summed E-state index contributed by atoms with van der Waals surface area (Å²) < 4.78 is 31.0. The van der Waals surface area contributed by atoms with Gasteiger partial charge < -0.3 is 4.74 Å². The van der Waals surface area contributed by atoms with E-state index >= 15 is 0 Å². The van der Waals surface area contributed by atoms with E-state index in [0.29, 0.717) is 13.2 Å². The molecule has 11 heavy (non-hydrogen) atoms. The maximum Gasteiger partial charge on any atom is 0.264 e. The van der Waals surface area contributed by atoms with Gasteiger partial charge in [0.05, 0.1) is 12.9 Å². The molecule has 1 rings (SSSR count). The van der Waals surface area contributed by atoms with Crippen LogP contribution in [-0.2, 0) is 19.0 Å². The largest absolute Gasteiger partial charge is 0.379 e. The smallest absolute Gasteiger partial charge is 0.264 e. The third-order valence-corrected chi connectivity index (χ3v) is 2.05. The van der Waals surface area contributed by atoms with E-state index in [1.54, 1.807) is 0 Å². The molecular formula is C6H12O4S. The van der Waals surface area contributed by atoms with Crippen molar-refractivity contribution in [2.45, 2.75) is 18.9 Å². The molecule has 1 heterocycles. The van der Waals surface area contributed by atoms with Crippen molar-refractivity contribution in [3.8, 4) is 0 Å². The van der Waals surface area contributed by atoms with Crippen LogP contribution in [0.2, 0.25) is 0 Å². The van der Waals surface area contributed by atoms with Crippen LogP contribution in [0.15, 0.2) is 0 Å². The first kappa shape index (κ1) is 8.96. The van der Waals surface area contributed by atoms with Crippen LogP contribution in [0.1, 0.15) is 12.8 Å². The molecule has 1 aliphatic rings. The zero-order chi connectivity index (χ0) is 8.32. The Hall–Kier alpha value is -0.130. The van der Waals surface area contributed by atoms with Crippen LogP contribution >= 0.6 is 0 Å². The van der Waals surface area contributed by atoms with E-state index in [2.05, 4.69) is 0 Å². The monoisotopic (exact) mass is 180 g/mol. The molecule has 0 aromatic rings. The summed E-state index contributed by atoms with van der Waals surface area (Å²) in [6, 6.07) is 0. The van der Waals surface area contributed by atoms with E-state index < -0.39 is 10.1 Å². The van der Waals surface area contributed by atoms with E-state index in [0.717, 1.165) is 19.1 Å². The molecule has 0 saturated carbocycles. The van der Waals surface area contributed by atoms with Crippen LogP contribution in [-0.4, -0.2) is 34.0 Å². The maximum absolute atomic E-state index is 10.6. The fraction of sp³-hybridized carbons (Fsp3) is 1.00. The fourth-order valence-corrected chi connectivity index (χ4v) is 1.68. The Labute approximate surface area is 66.6 Å². The summed E-state index contributed by atoms with van der Waals surface area (Å²) in [4.78, 5) is 0. The zero-order valence-corrected chi connectivity index (χ0v) is 7.26. The summed E-state index contributed by atoms with van der Waals surface area (Å²) in [6.45, 7) is 1.11. The van der Waals surface area contributed by atoms with Gasteiger partial charge in [-0.3, -0.25) is 4.18 Å². The molecule has 5 heteroatoms. The molecule has 0 radical (unpaired) electrons. The minimum Gasteiger partial charge on any atom is -0.379 e. The predicted molar refractivity (Wildman–Crippen MR) is 39.8 cm³/mol. The lowest BCUT2D eigenvalue weighted by Gasteiger charge is -2.20. The zero-order valence-electron chi connectivity index (χ0n) is 6.45. The summed E-state index contributed by atoms with van der Waals surface area (Å²) in [5.74, 6) is 0. The van der Waals surface area contributed by atoms with Gasteiger partial charge in [0.2, 0.25) is 0 Å². The van der Waals surface area contributed by atoms with Crippen LogP contribution in [0, 0.1) is 0 Å². The van der Waals surface area contributed by atoms with Gasteiger partial charge in [0.1, 0.15) is 6.10 Å². The Morgan fingerprint density at radius 2 is 2.27 bits per heavy atom. The highest BCUT2D eigenvalue weighted by atomic mass is 32.2. The maximum atomic E-state index is 10.6. The first-order valence-electron chi connectivity index (χ1n) is 3.54. The quantitative estimate of drug-likeness (QED) is 0.567. The number of hydrogen-bond acceptors (Lipinski definition) is 4. The van der Waals surface area contributed by atoms with E-state index in [1.165, 1.54) is 0 Å². The standard InChI is InChI=1S/C6H12O4S/c1-11(7,8)10-6-3-2-4-9-5-6/h6H,2-5H2,1H3/t6-/m1/s1. The average Bonchev–Trinajstić information content (AvgIpc) is 1.85. The Morgan fingerprint density at radius 1 is 1.55 bits per heavy atom. The van der Waals surface area contributed by atoms with Gasteiger partial charge >= 0.3 is 0 Å². The number of hydrogen-bond donors (Lipinski definition) is 0. The first-order chi connectivity index (χ1) is 5.08. The van der Waals surface area contributed by atoms with Crippen LogP contribution < -0.4 is 0 Å². The van der Waals surface area contributed by atoms with Crippen molar-refractivity contribution in [3.63, 3.8) is 0 Å². The molecule has 66 valence electrons. The highest BCUT2D eigenvalue weighted by Gasteiger charge is 2.18. The lowest BCUT2D eigenvalue weighted by atomic mass is 10.2. The molecule has 0 unspecified atom stereocenters. The summed E-state index contributed by atoms with van der Waals surface area (Å²) >= 11 is 0. The summed E-state index contributed by atoms with van der Waals surface area (Å²) in [6.07, 6.45) is 2.44. The van der Waals surface area contributed by atoms with E-state index in [1.807, 2.05) is 0 Å². The third kappa shape index (κ3) is 3.69. The SMILES string of the molecule is CS(=O)(=O)O[C@@H]1CCCOC1. The van der Waals surface area contributed by atoms with Crippen LogP contribution in [0.25, 0.3) is 0 Å². The number of rotatable bonds is 2. The van der Waals surface area contributed by atoms with Gasteiger partial charge in [-0.05, 0) is 12.8 Å². The lowest BCUT2D eigenvalue weighted by molar-refractivity contribution is 0.0108. The molecule has 4 nitrogen and oxygen atoms in total. The molecule has 0 spiro atoms. The predicted octanol–water partition coefficient (Wildman–Crippen LogP) is 0.142. The van der Waals surface area contributed by atoms with Crippen molar-refractivity contribution in [1.82, 2.24) is 0 Å². The molecule has 0 aromatic heterocycles. The second kappa shape index (κ2) is 3.51. The number of ether oxygens (including phenoxy) is 1. The van der Waals surface area contributed by atoms with E-state index in [4.69, 9.17) is 8.92 Å². The van der Waals surface area contributed by atoms with Gasteiger partial charge in [0, 0.05) is 6.61 Å². The Bertz CT molecular complexity index is 203. The highest BCUT2D eigenvalue weighted by molar-refractivity contribution is 7.86. The first-order valence-corrected chi connectivity index (χ1v) is 5.35. The molecule has 0 bridgehead atoms. The molecule has 1 aliphatic heterocycles. The van der Waals surface area contributed by atoms with Crippen molar-refractivity contribution < 1.29 is 17.3 Å². The minimum atomic E-state index is -3.30. The molecule has 1 fully saturated rings. The minimum absolute atomic E-state index is 0.265. The normalized spacial score (nSPS) is 26.8. The lowest BCUT2D eigenvalue weighted by Crippen LogP contribution is -2.27. The van der Waals surface area contributed by atoms with Crippen molar-refractivity contribution in [3.05, 3.63) is 0 Å². The summed E-state index contributed by atoms with van der Waals surface area (Å²) in [5.41, 5.74) is 0. The molecule has 0 amide bonds. The van der Waals surface area contributed by atoms with Gasteiger partial charge in [-0.25, -0.2) is 0 Å². The van der Waals surface area contributed by atoms with Gasteiger partial charge in [-0.2, -0.15) is 8.42 Å². The van der Waals surface area contributed by atoms with Crippen molar-refractivity contribution in [2.75, 3.05) is 19.5 Å². The summed E-state index contributed by atoms with van der Waals surface area (Å²) in [5, 5.41) is 0. The molecule has 0 aliphatic carbocycles. The van der Waals surface area contributed by atoms with E-state index in [-0.39, 0.29) is 6.10 Å². The van der Waals surface area contributed by atoms with Crippen molar-refractivity contribution >= 4 is 10.1 Å². The third-order valence-electron chi connectivity index (χ3n) is 1.43. The van der Waals surface area contributed by atoms with Crippen LogP contribution in [0.4, 0.5) is 0 Å². The molecule has 0 aromatic carbocycles. The average molecular weight is 180 g/mol. The topological polar surface area (TPSA) is 52.6 Å². The fourth-order valence-electron chi connectivity index (χ4n) is 1.03. The van der Waals surface area contributed by atoms with Crippen LogP contribution in [0.3, 0.4) is 0 Å². The second-order valence-corrected chi connectivity index (χ2v) is 4.24. The summed E-state index contributed by atoms with van der Waals surface area (Å²) in [7, 11) is -3.30. The molecule has 0 N–H and O–H groups in total. The Balaban J connectivity index is 2.36. The molecule has 1 atom stereocenters. The van der Waals surface area contributed by atoms with Gasteiger partial charge in [0.25, 0.3) is 10.1 Å². The molecule has 1 saturated heterocycles. The second-order valence-electron chi connectivity index (χ2n) is 2.64. The van der Waals surface area contributed by atoms with Crippen molar-refractivity contribution in [1.29, 1.82) is 0 Å². The Morgan fingerprint density at radius 3 is 2.73 bits per heavy atom.